The quantitative estimate of drug-likeness (QED) is 0.703. The highest BCUT2D eigenvalue weighted by molar-refractivity contribution is 5.20. The molecule has 0 saturated carbocycles. The number of ether oxygens (including phenoxy) is 1. The fraction of sp³-hybridized carbons (Fsp3) is 0.455. The lowest BCUT2D eigenvalue weighted by Crippen LogP contribution is -2.11. The highest BCUT2D eigenvalue weighted by Gasteiger charge is 2.26. The Morgan fingerprint density at radius 2 is 1.73 bits per heavy atom. The van der Waals surface area contributed by atoms with Gasteiger partial charge < -0.3 is 4.74 Å². The fourth-order valence-electron chi connectivity index (χ4n) is 1.06. The first-order valence-corrected chi connectivity index (χ1v) is 4.67. The number of hydrogen-bond acceptors (Lipinski definition) is 1. The standard InChI is InChI=1S/C11H13F3O/c1-9-2-4-10(5-3-9)8-15-7-6-11(12,13)14/h2-5H,6-8H2,1H3. The maximum Gasteiger partial charge on any atom is 0.391 e. The van der Waals surface area contributed by atoms with E-state index in [2.05, 4.69) is 0 Å². The van der Waals surface area contributed by atoms with E-state index in [1.54, 1.807) is 0 Å². The molecule has 1 nitrogen and oxygen atoms in total. The maximum absolute atomic E-state index is 11.8. The highest BCUT2D eigenvalue weighted by Crippen LogP contribution is 2.19. The molecule has 84 valence electrons. The molecule has 1 aromatic rings. The molecular formula is C11H13F3O. The molecule has 0 amide bonds. The van der Waals surface area contributed by atoms with Crippen LogP contribution in [-0.2, 0) is 11.3 Å². The number of halogens is 3. The van der Waals surface area contributed by atoms with Crippen LogP contribution in [0.25, 0.3) is 0 Å². The zero-order valence-electron chi connectivity index (χ0n) is 8.47. The van der Waals surface area contributed by atoms with Crippen molar-refractivity contribution in [1.82, 2.24) is 0 Å². The Bertz CT molecular complexity index is 290. The monoisotopic (exact) mass is 218 g/mol. The van der Waals surface area contributed by atoms with Crippen molar-refractivity contribution in [3.05, 3.63) is 35.4 Å². The molecule has 0 aliphatic rings. The van der Waals surface area contributed by atoms with Crippen molar-refractivity contribution in [2.45, 2.75) is 26.1 Å². The van der Waals surface area contributed by atoms with Crippen LogP contribution in [0, 0.1) is 6.92 Å². The van der Waals surface area contributed by atoms with Gasteiger partial charge in [0.15, 0.2) is 0 Å². The maximum atomic E-state index is 11.8. The molecule has 4 heteroatoms. The smallest absolute Gasteiger partial charge is 0.376 e. The van der Waals surface area contributed by atoms with E-state index in [0.717, 1.165) is 11.1 Å². The molecule has 1 rings (SSSR count). The molecule has 1 aromatic carbocycles. The van der Waals surface area contributed by atoms with Gasteiger partial charge in [0.25, 0.3) is 0 Å². The Balaban J connectivity index is 2.23. The molecule has 0 spiro atoms. The van der Waals surface area contributed by atoms with Gasteiger partial charge in [-0.25, -0.2) is 0 Å². The summed E-state index contributed by atoms with van der Waals surface area (Å²) in [5.41, 5.74) is 2.01. The predicted molar refractivity (Wildman–Crippen MR) is 51.5 cm³/mol. The van der Waals surface area contributed by atoms with Crippen molar-refractivity contribution in [2.24, 2.45) is 0 Å². The number of aryl methyl sites for hydroxylation is 1. The SMILES string of the molecule is Cc1ccc(COCCC(F)(F)F)cc1. The Labute approximate surface area is 86.9 Å². The number of benzene rings is 1. The lowest BCUT2D eigenvalue weighted by atomic mass is 10.2. The summed E-state index contributed by atoms with van der Waals surface area (Å²) >= 11 is 0. The Morgan fingerprint density at radius 1 is 1.13 bits per heavy atom. The lowest BCUT2D eigenvalue weighted by molar-refractivity contribution is -0.146. The van der Waals surface area contributed by atoms with Crippen LogP contribution in [0.2, 0.25) is 0 Å². The van der Waals surface area contributed by atoms with E-state index in [1.807, 2.05) is 31.2 Å². The van der Waals surface area contributed by atoms with Crippen LogP contribution >= 0.6 is 0 Å². The van der Waals surface area contributed by atoms with E-state index in [4.69, 9.17) is 4.74 Å². The lowest BCUT2D eigenvalue weighted by Gasteiger charge is -2.07. The van der Waals surface area contributed by atoms with E-state index in [9.17, 15) is 13.2 Å². The summed E-state index contributed by atoms with van der Waals surface area (Å²) in [6, 6.07) is 7.51. The number of rotatable bonds is 4. The van der Waals surface area contributed by atoms with Crippen LogP contribution in [0.3, 0.4) is 0 Å². The topological polar surface area (TPSA) is 9.23 Å². The third-order valence-corrected chi connectivity index (χ3v) is 1.92. The van der Waals surface area contributed by atoms with Crippen molar-refractivity contribution in [2.75, 3.05) is 6.61 Å². The molecule has 0 aromatic heterocycles. The number of hydrogen-bond donors (Lipinski definition) is 0. The van der Waals surface area contributed by atoms with Crippen LogP contribution in [0.4, 0.5) is 13.2 Å². The zero-order chi connectivity index (χ0) is 11.3. The predicted octanol–water partition coefficient (Wildman–Crippen LogP) is 3.46. The van der Waals surface area contributed by atoms with Crippen molar-refractivity contribution >= 4 is 0 Å². The molecule has 0 aliphatic heterocycles. The van der Waals surface area contributed by atoms with E-state index >= 15 is 0 Å². The van der Waals surface area contributed by atoms with Gasteiger partial charge in [-0.15, -0.1) is 0 Å². The van der Waals surface area contributed by atoms with Gasteiger partial charge in [0, 0.05) is 0 Å². The highest BCUT2D eigenvalue weighted by atomic mass is 19.4. The van der Waals surface area contributed by atoms with E-state index in [1.165, 1.54) is 0 Å². The molecule has 0 aliphatic carbocycles. The summed E-state index contributed by atoms with van der Waals surface area (Å²) in [5, 5.41) is 0. The first-order chi connectivity index (χ1) is 6.97. The van der Waals surface area contributed by atoms with Crippen molar-refractivity contribution in [3.8, 4) is 0 Å². The first kappa shape index (κ1) is 12.0. The van der Waals surface area contributed by atoms with Crippen LogP contribution < -0.4 is 0 Å². The van der Waals surface area contributed by atoms with Gasteiger partial charge in [-0.1, -0.05) is 29.8 Å². The van der Waals surface area contributed by atoms with Gasteiger partial charge in [0.1, 0.15) is 0 Å². The van der Waals surface area contributed by atoms with Crippen molar-refractivity contribution in [1.29, 1.82) is 0 Å². The minimum absolute atomic E-state index is 0.232. The second kappa shape index (κ2) is 5.16. The molecular weight excluding hydrogens is 205 g/mol. The summed E-state index contributed by atoms with van der Waals surface area (Å²) in [4.78, 5) is 0. The van der Waals surface area contributed by atoms with Crippen LogP contribution in [0.15, 0.2) is 24.3 Å². The average Bonchev–Trinajstić information content (AvgIpc) is 2.14. The molecule has 0 N–H and O–H groups in total. The van der Waals surface area contributed by atoms with Crippen LogP contribution in [0.5, 0.6) is 0 Å². The van der Waals surface area contributed by atoms with E-state index < -0.39 is 12.6 Å². The van der Waals surface area contributed by atoms with Gasteiger partial charge in [-0.3, -0.25) is 0 Å². The van der Waals surface area contributed by atoms with Crippen LogP contribution in [0.1, 0.15) is 17.5 Å². The molecule has 0 unspecified atom stereocenters. The minimum atomic E-state index is -4.13. The van der Waals surface area contributed by atoms with Gasteiger partial charge in [-0.05, 0) is 12.5 Å². The van der Waals surface area contributed by atoms with Crippen LogP contribution in [-0.4, -0.2) is 12.8 Å². The zero-order valence-corrected chi connectivity index (χ0v) is 8.47. The second-order valence-electron chi connectivity index (χ2n) is 3.40. The molecule has 15 heavy (non-hydrogen) atoms. The Hall–Kier alpha value is -1.03. The molecule has 0 saturated heterocycles. The summed E-state index contributed by atoms with van der Waals surface area (Å²) in [6.07, 6.45) is -5.02. The Morgan fingerprint density at radius 3 is 2.27 bits per heavy atom. The third-order valence-electron chi connectivity index (χ3n) is 1.92. The van der Waals surface area contributed by atoms with E-state index in [-0.39, 0.29) is 13.2 Å². The van der Waals surface area contributed by atoms with Gasteiger partial charge in [0.2, 0.25) is 0 Å². The second-order valence-corrected chi connectivity index (χ2v) is 3.40. The van der Waals surface area contributed by atoms with Gasteiger partial charge in [0.05, 0.1) is 19.6 Å². The number of alkyl halides is 3. The molecule has 0 radical (unpaired) electrons. The fourth-order valence-corrected chi connectivity index (χ4v) is 1.06. The summed E-state index contributed by atoms with van der Waals surface area (Å²) in [5.74, 6) is 0. The van der Waals surface area contributed by atoms with E-state index in [0.29, 0.717) is 0 Å². The van der Waals surface area contributed by atoms with Gasteiger partial charge >= 0.3 is 6.18 Å². The van der Waals surface area contributed by atoms with Crippen molar-refractivity contribution < 1.29 is 17.9 Å². The summed E-state index contributed by atoms with van der Waals surface area (Å²) < 4.78 is 40.2. The molecule has 0 bridgehead atoms. The summed E-state index contributed by atoms with van der Waals surface area (Å²) in [7, 11) is 0. The molecule has 0 fully saturated rings. The molecule has 0 atom stereocenters. The molecule has 0 heterocycles. The third kappa shape index (κ3) is 5.42. The summed E-state index contributed by atoms with van der Waals surface area (Å²) in [6.45, 7) is 1.90. The Kier molecular flexibility index (Phi) is 4.15. The first-order valence-electron chi connectivity index (χ1n) is 4.67. The average molecular weight is 218 g/mol. The largest absolute Gasteiger partial charge is 0.391 e. The normalized spacial score (nSPS) is 11.7. The minimum Gasteiger partial charge on any atom is -0.376 e. The van der Waals surface area contributed by atoms with Crippen molar-refractivity contribution in [3.63, 3.8) is 0 Å². The van der Waals surface area contributed by atoms with Gasteiger partial charge in [-0.2, -0.15) is 13.2 Å².